The van der Waals surface area contributed by atoms with Gasteiger partial charge in [0.2, 0.25) is 25.1 Å². The molecule has 340 valence electrons. The Morgan fingerprint density at radius 1 is 1.10 bits per heavy atom. The van der Waals surface area contributed by atoms with Gasteiger partial charge in [0.05, 0.1) is 37.4 Å². The molecule has 2 fully saturated rings. The first kappa shape index (κ1) is 47.4. The van der Waals surface area contributed by atoms with Gasteiger partial charge in [0.1, 0.15) is 52.3 Å². The summed E-state index contributed by atoms with van der Waals surface area (Å²) in [7, 11) is -3.19. The molecule has 2 aromatic carbocycles. The number of alkyl halides is 3. The number of aromatic nitrogens is 2. The number of rotatable bonds is 16. The maximum atomic E-state index is 14.8. The molecule has 20 heteroatoms. The van der Waals surface area contributed by atoms with E-state index in [1.165, 1.54) is 24.5 Å². The fraction of sp³-hybridized carbons (Fsp3) is 0.465. The van der Waals surface area contributed by atoms with Crippen LogP contribution in [0.1, 0.15) is 65.9 Å². The number of benzene rings is 2. The molecule has 0 spiro atoms. The second-order valence-electron chi connectivity index (χ2n) is 17.2. The Labute approximate surface area is 365 Å². The molecule has 63 heavy (non-hydrogen) atoms. The van der Waals surface area contributed by atoms with E-state index in [2.05, 4.69) is 27.5 Å². The van der Waals surface area contributed by atoms with Crippen LogP contribution in [0.5, 0.6) is 11.5 Å². The third-order valence-electron chi connectivity index (χ3n) is 11.0. The minimum atomic E-state index is -4.70. The first-order chi connectivity index (χ1) is 29.4. The van der Waals surface area contributed by atoms with Crippen molar-refractivity contribution in [2.45, 2.75) is 102 Å². The smallest absolute Gasteiger partial charge is 0.389 e. The van der Waals surface area contributed by atoms with Crippen LogP contribution in [0.3, 0.4) is 0 Å². The van der Waals surface area contributed by atoms with Gasteiger partial charge in [0.15, 0.2) is 5.13 Å². The van der Waals surface area contributed by atoms with Crippen molar-refractivity contribution >= 4 is 52.5 Å². The standard InChI is InChI=1S/C43H50F5N6O7PS/c1-8-24-19-42(24,62(58,59)21-28-29(44)10-9-11-30(28)45)53-38(56)34-17-26(20-54(34)39(57)37(41(4,5)6)52-36(55)14-15-43(46,47)48)61-35-18-32(33-22-63-40(51-33)49-23(2)3)50-31-16-25(60-7)12-13-27(31)35/h8-13,16,18,22-24,26,34,37H,1,14-15,17,19-21H2,2-7H3,(H,49,51)(H,52,55)(H,53,56)(H,58,59)/t24-,26-,34+,37-,42+/m1/s1. The molecule has 1 aliphatic carbocycles. The van der Waals surface area contributed by atoms with Crippen LogP contribution in [0.25, 0.3) is 22.3 Å². The van der Waals surface area contributed by atoms with E-state index < -0.39 is 102 Å². The number of nitrogens with zero attached hydrogens (tertiary/aromatic N) is 3. The van der Waals surface area contributed by atoms with Gasteiger partial charge in [-0.05, 0) is 49.9 Å². The van der Waals surface area contributed by atoms with Crippen LogP contribution in [0.2, 0.25) is 0 Å². The number of carbonyl (C=O) groups is 3. The molecule has 2 aromatic heterocycles. The predicted octanol–water partition coefficient (Wildman–Crippen LogP) is 8.18. The Kier molecular flexibility index (Phi) is 13.6. The summed E-state index contributed by atoms with van der Waals surface area (Å²) in [6, 6.07) is 7.04. The van der Waals surface area contributed by atoms with E-state index in [1.54, 1.807) is 45.0 Å². The van der Waals surface area contributed by atoms with Crippen molar-refractivity contribution in [3.05, 3.63) is 77.7 Å². The second-order valence-corrected chi connectivity index (χ2v) is 20.6. The fourth-order valence-electron chi connectivity index (χ4n) is 7.62. The number of halogens is 5. The minimum absolute atomic E-state index is 0.104. The SMILES string of the molecule is C=C[C@@H]1C[C@]1(NC(=O)[C@@H]1C[C@@H](Oc2cc(-c3csc(NC(C)C)n3)nc3cc(OC)ccc23)CN1C(=O)[C@@H](NC(=O)CCC(F)(F)F)C(C)(C)C)P(=O)(O)Cc1c(F)cccc1F. The molecule has 6 rings (SSSR count). The minimum Gasteiger partial charge on any atom is -0.497 e. The van der Waals surface area contributed by atoms with Gasteiger partial charge < -0.3 is 35.2 Å². The molecule has 6 atom stereocenters. The van der Waals surface area contributed by atoms with Crippen molar-refractivity contribution in [1.29, 1.82) is 0 Å². The number of nitrogens with one attached hydrogen (secondary N) is 3. The average molecular weight is 921 g/mol. The lowest BCUT2D eigenvalue weighted by Gasteiger charge is -2.36. The molecule has 3 heterocycles. The summed E-state index contributed by atoms with van der Waals surface area (Å²) in [5.74, 6) is -4.86. The highest BCUT2D eigenvalue weighted by Gasteiger charge is 2.66. The molecule has 0 bridgehead atoms. The lowest BCUT2D eigenvalue weighted by atomic mass is 9.85. The van der Waals surface area contributed by atoms with Crippen molar-refractivity contribution in [1.82, 2.24) is 25.5 Å². The third kappa shape index (κ3) is 10.6. The summed E-state index contributed by atoms with van der Waals surface area (Å²) in [6.45, 7) is 12.2. The van der Waals surface area contributed by atoms with E-state index in [4.69, 9.17) is 14.5 Å². The van der Waals surface area contributed by atoms with Crippen LogP contribution in [-0.2, 0) is 25.1 Å². The quantitative estimate of drug-likeness (QED) is 0.0488. The molecule has 13 nitrogen and oxygen atoms in total. The van der Waals surface area contributed by atoms with E-state index in [-0.39, 0.29) is 25.4 Å². The van der Waals surface area contributed by atoms with Crippen molar-refractivity contribution in [3.63, 3.8) is 0 Å². The van der Waals surface area contributed by atoms with Crippen LogP contribution >= 0.6 is 18.7 Å². The molecule has 1 saturated carbocycles. The molecule has 3 amide bonds. The van der Waals surface area contributed by atoms with Gasteiger partial charge in [-0.3, -0.25) is 18.9 Å². The number of methoxy groups -OCH3 is 1. The number of hydrogen-bond donors (Lipinski definition) is 4. The zero-order chi connectivity index (χ0) is 46.2. The largest absolute Gasteiger partial charge is 0.497 e. The summed E-state index contributed by atoms with van der Waals surface area (Å²) >= 11 is 1.38. The molecule has 4 N–H and O–H groups in total. The highest BCUT2D eigenvalue weighted by atomic mass is 32.1. The van der Waals surface area contributed by atoms with E-state index >= 15 is 0 Å². The van der Waals surface area contributed by atoms with Gasteiger partial charge in [-0.25, -0.2) is 18.7 Å². The van der Waals surface area contributed by atoms with Crippen LogP contribution in [0.4, 0.5) is 27.1 Å². The van der Waals surface area contributed by atoms with Crippen molar-refractivity contribution in [2.24, 2.45) is 11.3 Å². The van der Waals surface area contributed by atoms with Crippen LogP contribution < -0.4 is 25.4 Å². The van der Waals surface area contributed by atoms with Crippen LogP contribution in [-0.4, -0.2) is 86.8 Å². The summed E-state index contributed by atoms with van der Waals surface area (Å²) in [6.07, 6.45) is -7.87. The molecule has 1 saturated heterocycles. The molecule has 2 aliphatic rings. The van der Waals surface area contributed by atoms with E-state index in [9.17, 15) is 45.8 Å². The zero-order valence-electron chi connectivity index (χ0n) is 35.5. The molecule has 1 unspecified atom stereocenters. The first-order valence-corrected chi connectivity index (χ1v) is 22.9. The highest BCUT2D eigenvalue weighted by Crippen LogP contribution is 2.71. The van der Waals surface area contributed by atoms with Crippen LogP contribution in [0, 0.1) is 23.0 Å². The number of thiazole rings is 1. The number of pyridine rings is 1. The molecular weight excluding hydrogens is 871 g/mol. The van der Waals surface area contributed by atoms with Crippen molar-refractivity contribution < 1.29 is 55.3 Å². The van der Waals surface area contributed by atoms with E-state index in [1.807, 2.05) is 19.2 Å². The number of carbonyl (C=O) groups excluding carboxylic acids is 3. The molecular formula is C43H50F5N6O7PS. The number of amides is 3. The normalized spacial score (nSPS) is 21.4. The summed E-state index contributed by atoms with van der Waals surface area (Å²) in [5, 5.41) is 9.46. The molecule has 0 radical (unpaired) electrons. The Morgan fingerprint density at radius 2 is 1.79 bits per heavy atom. The average Bonchev–Trinajstić information content (AvgIpc) is 3.48. The maximum Gasteiger partial charge on any atom is 0.389 e. The van der Waals surface area contributed by atoms with Gasteiger partial charge in [-0.1, -0.05) is 32.9 Å². The fourth-order valence-corrected chi connectivity index (χ4v) is 10.9. The Hall–Kier alpha value is -5.13. The Morgan fingerprint density at radius 3 is 2.40 bits per heavy atom. The Bertz CT molecular complexity index is 2420. The number of ether oxygens (including phenoxy) is 2. The van der Waals surface area contributed by atoms with Gasteiger partial charge in [0.25, 0.3) is 0 Å². The first-order valence-electron chi connectivity index (χ1n) is 20.2. The summed E-state index contributed by atoms with van der Waals surface area (Å²) in [5.41, 5.74) is -0.294. The number of anilines is 1. The molecule has 4 aromatic rings. The predicted molar refractivity (Wildman–Crippen MR) is 228 cm³/mol. The lowest BCUT2D eigenvalue weighted by Crippen LogP contribution is -2.58. The van der Waals surface area contributed by atoms with Crippen LogP contribution in [0.15, 0.2) is 60.5 Å². The topological polar surface area (TPSA) is 172 Å². The summed E-state index contributed by atoms with van der Waals surface area (Å²) < 4.78 is 95.1. The van der Waals surface area contributed by atoms with Crippen molar-refractivity contribution in [2.75, 3.05) is 19.0 Å². The van der Waals surface area contributed by atoms with Gasteiger partial charge in [-0.2, -0.15) is 13.2 Å². The Balaban J connectivity index is 1.37. The maximum absolute atomic E-state index is 14.8. The number of likely N-dealkylation sites (tertiary alicyclic amines) is 1. The van der Waals surface area contributed by atoms with Crippen molar-refractivity contribution in [3.8, 4) is 22.9 Å². The second kappa shape index (κ2) is 18.2. The number of fused-ring (bicyclic) bond motifs is 1. The van der Waals surface area contributed by atoms with Gasteiger partial charge in [-0.15, -0.1) is 17.9 Å². The van der Waals surface area contributed by atoms with Gasteiger partial charge >= 0.3 is 6.18 Å². The third-order valence-corrected chi connectivity index (χ3v) is 14.4. The summed E-state index contributed by atoms with van der Waals surface area (Å²) in [4.78, 5) is 64.3. The zero-order valence-corrected chi connectivity index (χ0v) is 37.2. The molecule has 1 aliphatic heterocycles. The van der Waals surface area contributed by atoms with Gasteiger partial charge in [0, 0.05) is 53.3 Å². The highest BCUT2D eigenvalue weighted by molar-refractivity contribution is 7.59. The lowest BCUT2D eigenvalue weighted by molar-refractivity contribution is -0.148. The van der Waals surface area contributed by atoms with E-state index in [0.717, 1.165) is 23.1 Å². The van der Waals surface area contributed by atoms with E-state index in [0.29, 0.717) is 38.9 Å². The monoisotopic (exact) mass is 920 g/mol. The number of hydrogen-bond acceptors (Lipinski definition) is 10.